The number of ether oxygens (including phenoxy) is 1. The fraction of sp³-hybridized carbons (Fsp3) is 0.542. The van der Waals surface area contributed by atoms with Crippen molar-refractivity contribution in [2.75, 3.05) is 6.61 Å². The largest absolute Gasteiger partial charge is 0.493 e. The second-order valence-electron chi connectivity index (χ2n) is 9.63. The average molecular weight is 383 g/mol. The Labute approximate surface area is 166 Å². The molecule has 0 bridgehead atoms. The summed E-state index contributed by atoms with van der Waals surface area (Å²) in [4.78, 5) is 11.5. The Bertz CT molecular complexity index is 956. The molecule has 0 unspecified atom stereocenters. The van der Waals surface area contributed by atoms with Gasteiger partial charge in [-0.3, -0.25) is 0 Å². The van der Waals surface area contributed by atoms with E-state index in [1.165, 1.54) is 11.6 Å². The van der Waals surface area contributed by atoms with E-state index in [2.05, 4.69) is 27.4 Å². The molecular formula is C24H30O4. The number of benzene rings is 1. The van der Waals surface area contributed by atoms with Crippen LogP contribution in [0.3, 0.4) is 0 Å². The van der Waals surface area contributed by atoms with Crippen LogP contribution in [0.2, 0.25) is 0 Å². The highest BCUT2D eigenvalue weighted by Gasteiger charge is 2.55. The summed E-state index contributed by atoms with van der Waals surface area (Å²) >= 11 is 0. The monoisotopic (exact) mass is 382 g/mol. The predicted octanol–water partition coefficient (Wildman–Crippen LogP) is 4.94. The van der Waals surface area contributed by atoms with Gasteiger partial charge in [0.15, 0.2) is 0 Å². The van der Waals surface area contributed by atoms with Crippen LogP contribution in [0.1, 0.15) is 46.5 Å². The summed E-state index contributed by atoms with van der Waals surface area (Å²) in [6, 6.07) is 8.80. The van der Waals surface area contributed by atoms with Crippen LogP contribution in [0.15, 0.2) is 51.7 Å². The molecule has 2 aliphatic rings. The molecule has 4 atom stereocenters. The van der Waals surface area contributed by atoms with Gasteiger partial charge in [-0.25, -0.2) is 4.79 Å². The summed E-state index contributed by atoms with van der Waals surface area (Å²) in [6.45, 7) is 11.9. The molecule has 0 amide bonds. The van der Waals surface area contributed by atoms with Crippen LogP contribution in [-0.2, 0) is 0 Å². The molecule has 0 aliphatic heterocycles. The highest BCUT2D eigenvalue weighted by Crippen LogP contribution is 2.61. The Morgan fingerprint density at radius 3 is 2.79 bits per heavy atom. The van der Waals surface area contributed by atoms with Gasteiger partial charge in [0.1, 0.15) is 11.3 Å². The lowest BCUT2D eigenvalue weighted by Crippen LogP contribution is -2.53. The lowest BCUT2D eigenvalue weighted by molar-refractivity contribution is -0.0934. The number of hydrogen-bond donors (Lipinski definition) is 1. The van der Waals surface area contributed by atoms with Gasteiger partial charge in [0.25, 0.3) is 0 Å². The van der Waals surface area contributed by atoms with E-state index in [0.29, 0.717) is 23.9 Å². The van der Waals surface area contributed by atoms with E-state index in [-0.39, 0.29) is 28.5 Å². The maximum atomic E-state index is 11.5. The second-order valence-corrected chi connectivity index (χ2v) is 9.63. The molecule has 28 heavy (non-hydrogen) atoms. The third-order valence-corrected chi connectivity index (χ3v) is 7.25. The molecule has 1 heterocycles. The molecule has 0 saturated heterocycles. The van der Waals surface area contributed by atoms with Gasteiger partial charge in [-0.2, -0.15) is 0 Å². The maximum absolute atomic E-state index is 11.5. The van der Waals surface area contributed by atoms with Gasteiger partial charge in [0.2, 0.25) is 0 Å². The van der Waals surface area contributed by atoms with Crippen molar-refractivity contribution >= 4 is 11.0 Å². The third-order valence-electron chi connectivity index (χ3n) is 7.25. The van der Waals surface area contributed by atoms with Gasteiger partial charge in [0.05, 0.1) is 12.7 Å². The van der Waals surface area contributed by atoms with E-state index in [9.17, 15) is 9.90 Å². The van der Waals surface area contributed by atoms with E-state index < -0.39 is 0 Å². The summed E-state index contributed by atoms with van der Waals surface area (Å²) in [7, 11) is 0. The molecule has 1 N–H and O–H groups in total. The summed E-state index contributed by atoms with van der Waals surface area (Å²) < 4.78 is 11.5. The van der Waals surface area contributed by atoms with Crippen molar-refractivity contribution in [3.8, 4) is 5.75 Å². The third kappa shape index (κ3) is 3.28. The van der Waals surface area contributed by atoms with Crippen LogP contribution in [0.5, 0.6) is 5.75 Å². The summed E-state index contributed by atoms with van der Waals surface area (Å²) in [5.74, 6) is 1.39. The maximum Gasteiger partial charge on any atom is 0.336 e. The normalized spacial score (nSPS) is 32.1. The average Bonchev–Trinajstić information content (AvgIpc) is 2.62. The Kier molecular flexibility index (Phi) is 4.65. The lowest BCUT2D eigenvalue weighted by Gasteiger charge is -2.59. The van der Waals surface area contributed by atoms with Crippen LogP contribution >= 0.6 is 0 Å². The van der Waals surface area contributed by atoms with Gasteiger partial charge in [-0.15, -0.1) is 0 Å². The summed E-state index contributed by atoms with van der Waals surface area (Å²) in [5, 5.41) is 11.2. The first kappa shape index (κ1) is 19.3. The molecule has 0 radical (unpaired) electrons. The molecule has 2 aliphatic carbocycles. The number of aliphatic hydroxyl groups is 1. The molecule has 150 valence electrons. The van der Waals surface area contributed by atoms with Crippen LogP contribution in [0.25, 0.3) is 11.0 Å². The zero-order valence-corrected chi connectivity index (χ0v) is 17.0. The second kappa shape index (κ2) is 6.77. The standard InChI is InChI=1S/C24H30O4/c1-15-13-23(2,3)21-11-17(25)9-10-24(21,4)19(15)14-27-18-7-5-16-6-8-22(26)28-20(16)12-18/h5-8,12,17,19,21,25H,1,9-11,13-14H2,2-4H3/t17-,19+,21-,24+/m0/s1. The van der Waals surface area contributed by atoms with Crippen molar-refractivity contribution in [2.45, 2.75) is 52.6 Å². The van der Waals surface area contributed by atoms with Gasteiger partial charge < -0.3 is 14.3 Å². The van der Waals surface area contributed by atoms with Gasteiger partial charge in [-0.05, 0) is 60.6 Å². The predicted molar refractivity (Wildman–Crippen MR) is 110 cm³/mol. The molecule has 0 spiro atoms. The van der Waals surface area contributed by atoms with Gasteiger partial charge in [-0.1, -0.05) is 32.9 Å². The summed E-state index contributed by atoms with van der Waals surface area (Å²) in [6.07, 6.45) is 3.44. The highest BCUT2D eigenvalue weighted by atomic mass is 16.5. The van der Waals surface area contributed by atoms with Crippen LogP contribution in [0, 0.1) is 22.7 Å². The minimum Gasteiger partial charge on any atom is -0.493 e. The van der Waals surface area contributed by atoms with Crippen LogP contribution in [0.4, 0.5) is 0 Å². The van der Waals surface area contributed by atoms with Crippen LogP contribution in [-0.4, -0.2) is 17.8 Å². The van der Waals surface area contributed by atoms with E-state index in [1.54, 1.807) is 12.1 Å². The SMILES string of the molecule is C=C1CC(C)(C)[C@@H]2C[C@@H](O)CC[C@]2(C)[C@@H]1COc1ccc2ccc(=O)oc2c1. The Balaban J connectivity index is 1.58. The fourth-order valence-electron chi connectivity index (χ4n) is 5.86. The number of aliphatic hydroxyl groups excluding tert-OH is 1. The van der Waals surface area contributed by atoms with E-state index >= 15 is 0 Å². The van der Waals surface area contributed by atoms with Crippen molar-refractivity contribution in [1.82, 2.24) is 0 Å². The van der Waals surface area contributed by atoms with E-state index in [0.717, 1.165) is 31.1 Å². The first-order valence-electron chi connectivity index (χ1n) is 10.2. The summed E-state index contributed by atoms with van der Waals surface area (Å²) in [5.41, 5.74) is 1.63. The van der Waals surface area contributed by atoms with Crippen molar-refractivity contribution < 1.29 is 14.3 Å². The van der Waals surface area contributed by atoms with Crippen molar-refractivity contribution in [3.05, 3.63) is 52.9 Å². The van der Waals surface area contributed by atoms with E-state index in [4.69, 9.17) is 9.15 Å². The molecular weight excluding hydrogens is 352 g/mol. The highest BCUT2D eigenvalue weighted by molar-refractivity contribution is 5.77. The number of fused-ring (bicyclic) bond motifs is 2. The molecule has 4 rings (SSSR count). The van der Waals surface area contributed by atoms with E-state index in [1.807, 2.05) is 12.1 Å². The lowest BCUT2D eigenvalue weighted by atomic mass is 9.47. The molecule has 2 fully saturated rings. The first-order valence-corrected chi connectivity index (χ1v) is 10.2. The molecule has 1 aromatic heterocycles. The van der Waals surface area contributed by atoms with Crippen LogP contribution < -0.4 is 10.4 Å². The molecule has 1 aromatic carbocycles. The molecule has 2 saturated carbocycles. The molecule has 4 heteroatoms. The zero-order chi connectivity index (χ0) is 20.1. The minimum atomic E-state index is -0.358. The topological polar surface area (TPSA) is 59.7 Å². The number of hydrogen-bond acceptors (Lipinski definition) is 4. The van der Waals surface area contributed by atoms with Crippen molar-refractivity contribution in [1.29, 1.82) is 0 Å². The Morgan fingerprint density at radius 1 is 1.25 bits per heavy atom. The van der Waals surface area contributed by atoms with Gasteiger partial charge >= 0.3 is 5.63 Å². The van der Waals surface area contributed by atoms with Crippen molar-refractivity contribution in [2.24, 2.45) is 22.7 Å². The molecule has 2 aromatic rings. The first-order chi connectivity index (χ1) is 13.2. The number of rotatable bonds is 3. The smallest absolute Gasteiger partial charge is 0.336 e. The minimum absolute atomic E-state index is 0.0709. The fourth-order valence-corrected chi connectivity index (χ4v) is 5.86. The Morgan fingerprint density at radius 2 is 2.00 bits per heavy atom. The quantitative estimate of drug-likeness (QED) is 0.603. The van der Waals surface area contributed by atoms with Gasteiger partial charge in [0, 0.05) is 23.4 Å². The Hall–Kier alpha value is -2.07. The van der Waals surface area contributed by atoms with Crippen molar-refractivity contribution in [3.63, 3.8) is 0 Å². The zero-order valence-electron chi connectivity index (χ0n) is 17.0. The molecule has 4 nitrogen and oxygen atoms in total.